The molecule has 67 heavy (non-hydrogen) atoms. The zero-order valence-corrected chi connectivity index (χ0v) is 44.4. The lowest BCUT2D eigenvalue weighted by atomic mass is 9.94. The summed E-state index contributed by atoms with van der Waals surface area (Å²) in [6.45, 7) is 3.80. The SMILES string of the molecule is C1SSC2(SS1)SS2.C[C@@H](CCCCNC(=O)COCCOCCCC(=O)COCCOCCNC(=O)CC[C@H](CC(=O)CCCCCCCCCCCCCCCC(=O)O)C(=O)O)C(=O)O.[HH]. The molecule has 0 aromatic heterocycles. The number of carbonyl (C=O) groups excluding carboxylic acids is 4. The number of nitrogens with one attached hydrogen (secondary N) is 2. The van der Waals surface area contributed by atoms with Gasteiger partial charge in [-0.1, -0.05) is 127 Å². The number of aliphatic carboxylic acids is 3. The molecule has 0 aromatic carbocycles. The molecule has 0 radical (unpaired) electrons. The maximum atomic E-state index is 12.4. The van der Waals surface area contributed by atoms with Crippen molar-refractivity contribution in [1.82, 2.24) is 10.6 Å². The number of hydrogen-bond acceptors (Lipinski definition) is 17. The van der Waals surface area contributed by atoms with Crippen molar-refractivity contribution in [3.05, 3.63) is 0 Å². The Bertz CT molecular complexity index is 1380. The number of carbonyl (C=O) groups is 7. The van der Waals surface area contributed by atoms with Gasteiger partial charge >= 0.3 is 17.9 Å². The maximum Gasteiger partial charge on any atom is 0.306 e. The zero-order chi connectivity index (χ0) is 49.2. The van der Waals surface area contributed by atoms with E-state index < -0.39 is 29.7 Å². The molecule has 0 saturated carbocycles. The Kier molecular flexibility index (Phi) is 41.2. The summed E-state index contributed by atoms with van der Waals surface area (Å²) in [7, 11) is 12.0. The van der Waals surface area contributed by atoms with Crippen molar-refractivity contribution >= 4 is 106 Å². The van der Waals surface area contributed by atoms with Gasteiger partial charge in [0.2, 0.25) is 11.8 Å². The van der Waals surface area contributed by atoms with Crippen LogP contribution in [0.25, 0.3) is 0 Å². The van der Waals surface area contributed by atoms with E-state index >= 15 is 0 Å². The second-order valence-corrected chi connectivity index (χ2v) is 25.9. The molecule has 0 aromatic rings. The molecule has 2 rings (SSSR count). The fourth-order valence-electron chi connectivity index (χ4n) is 6.42. The number of hydrogen-bond donors (Lipinski definition) is 5. The minimum atomic E-state index is -1.07. The van der Waals surface area contributed by atoms with Gasteiger partial charge in [-0.2, -0.15) is 0 Å². The van der Waals surface area contributed by atoms with Crippen LogP contribution in [0.15, 0.2) is 0 Å². The van der Waals surface area contributed by atoms with E-state index in [1.165, 1.54) is 43.6 Å². The third kappa shape index (κ3) is 41.0. The summed E-state index contributed by atoms with van der Waals surface area (Å²) in [5.41, 5.74) is 0. The van der Waals surface area contributed by atoms with Crippen LogP contribution >= 0.6 is 64.8 Å². The largest absolute Gasteiger partial charge is 0.481 e. The third-order valence-corrected chi connectivity index (χ3v) is 23.3. The third-order valence-electron chi connectivity index (χ3n) is 10.4. The van der Waals surface area contributed by atoms with Gasteiger partial charge < -0.3 is 44.9 Å². The molecular weight excluding hydrogens is 985 g/mol. The van der Waals surface area contributed by atoms with E-state index in [4.69, 9.17) is 29.2 Å². The molecule has 16 nitrogen and oxygen atoms in total. The summed E-state index contributed by atoms with van der Waals surface area (Å²) in [6.07, 6.45) is 17.4. The molecule has 2 saturated heterocycles. The molecule has 0 unspecified atom stereocenters. The molecule has 2 amide bonds. The zero-order valence-electron chi connectivity index (χ0n) is 39.5. The average molecular weight is 1070 g/mol. The Hall–Kier alpha value is -1.37. The van der Waals surface area contributed by atoms with Crippen molar-refractivity contribution < 1.29 is 69.3 Å². The number of Topliss-reactive ketones (excluding diaryl/α,β-unsaturated/α-hetero) is 2. The van der Waals surface area contributed by atoms with E-state index in [0.29, 0.717) is 54.6 Å². The van der Waals surface area contributed by atoms with Gasteiger partial charge in [-0.05, 0) is 60.1 Å². The molecule has 2 aliphatic rings. The monoisotopic (exact) mass is 1060 g/mol. The number of rotatable bonds is 45. The number of carboxylic acids is 3. The van der Waals surface area contributed by atoms with Crippen LogP contribution in [0.1, 0.15) is 156 Å². The lowest BCUT2D eigenvalue weighted by molar-refractivity contribution is -0.144. The quantitative estimate of drug-likeness (QED) is 0.0216. The van der Waals surface area contributed by atoms with E-state index in [-0.39, 0.29) is 96.7 Å². The van der Waals surface area contributed by atoms with Crippen LogP contribution in [0.3, 0.4) is 0 Å². The Labute approximate surface area is 423 Å². The van der Waals surface area contributed by atoms with E-state index in [2.05, 4.69) is 10.6 Å². The van der Waals surface area contributed by atoms with Gasteiger partial charge in [0.15, 0.2) is 8.53 Å². The van der Waals surface area contributed by atoms with Crippen LogP contribution < -0.4 is 10.6 Å². The van der Waals surface area contributed by atoms with Crippen LogP contribution in [-0.2, 0) is 52.5 Å². The van der Waals surface area contributed by atoms with Gasteiger partial charge in [0.25, 0.3) is 0 Å². The molecular formula is C45H80N2O14S6. The molecule has 5 N–H and O–H groups in total. The minimum absolute atomic E-state index is 0. The number of carboxylic acid groups (broad SMARTS) is 3. The van der Waals surface area contributed by atoms with E-state index in [1.807, 2.05) is 64.8 Å². The molecule has 2 fully saturated rings. The van der Waals surface area contributed by atoms with Crippen LogP contribution in [-0.4, -0.2) is 130 Å². The Morgan fingerprint density at radius 1 is 0.507 bits per heavy atom. The normalized spacial score (nSPS) is 14.6. The fraction of sp³-hybridized carbons (Fsp3) is 0.844. The molecule has 390 valence electrons. The second kappa shape index (κ2) is 43.4. The van der Waals surface area contributed by atoms with Crippen LogP contribution in [0.5, 0.6) is 0 Å². The van der Waals surface area contributed by atoms with Gasteiger partial charge in [-0.15, -0.1) is 0 Å². The predicted octanol–water partition coefficient (Wildman–Crippen LogP) is 9.87. The van der Waals surface area contributed by atoms with Gasteiger partial charge in [0.1, 0.15) is 19.0 Å². The Morgan fingerprint density at radius 2 is 1.03 bits per heavy atom. The first-order chi connectivity index (χ1) is 32.3. The summed E-state index contributed by atoms with van der Waals surface area (Å²) in [5, 5.41) is 33.7. The van der Waals surface area contributed by atoms with E-state index in [1.54, 1.807) is 6.92 Å². The molecule has 0 aliphatic carbocycles. The topological polar surface area (TPSA) is 241 Å². The Morgan fingerprint density at radius 3 is 1.58 bits per heavy atom. The molecule has 1 spiro atoms. The number of unbranched alkanes of at least 4 members (excludes halogenated alkanes) is 13. The van der Waals surface area contributed by atoms with Crippen molar-refractivity contribution in [1.29, 1.82) is 0 Å². The maximum absolute atomic E-state index is 12.4. The first-order valence-corrected chi connectivity index (χ1v) is 30.7. The van der Waals surface area contributed by atoms with Crippen molar-refractivity contribution in [2.24, 2.45) is 11.8 Å². The average Bonchev–Trinajstić information content (AvgIpc) is 4.05. The smallest absolute Gasteiger partial charge is 0.306 e. The highest BCUT2D eigenvalue weighted by atomic mass is 33.2. The summed E-state index contributed by atoms with van der Waals surface area (Å²) >= 11 is 0. The number of ketones is 2. The van der Waals surface area contributed by atoms with Crippen LogP contribution in [0, 0.1) is 11.8 Å². The molecule has 2 heterocycles. The molecule has 22 heteroatoms. The van der Waals surface area contributed by atoms with Gasteiger partial charge in [0.05, 0.1) is 50.0 Å². The van der Waals surface area contributed by atoms with Crippen molar-refractivity contribution in [3.63, 3.8) is 0 Å². The predicted molar refractivity (Wildman–Crippen MR) is 276 cm³/mol. The highest BCUT2D eigenvalue weighted by Crippen LogP contribution is 2.83. The number of amides is 2. The molecule has 2 aliphatic heterocycles. The van der Waals surface area contributed by atoms with Gasteiger partial charge in [0, 0.05) is 53.2 Å². The lowest BCUT2D eigenvalue weighted by Gasteiger charge is -2.13. The first-order valence-electron chi connectivity index (χ1n) is 23.9. The summed E-state index contributed by atoms with van der Waals surface area (Å²) < 4.78 is 22.0. The summed E-state index contributed by atoms with van der Waals surface area (Å²) in [5.74, 6) is -4.60. The minimum Gasteiger partial charge on any atom is -0.481 e. The van der Waals surface area contributed by atoms with E-state index in [9.17, 15) is 38.7 Å². The van der Waals surface area contributed by atoms with Gasteiger partial charge in [-0.25, -0.2) is 0 Å². The van der Waals surface area contributed by atoms with Crippen LogP contribution in [0.4, 0.5) is 0 Å². The molecule has 2 atom stereocenters. The fourth-order valence-corrected chi connectivity index (χ4v) is 19.4. The highest BCUT2D eigenvalue weighted by Gasteiger charge is 2.50. The van der Waals surface area contributed by atoms with Crippen molar-refractivity contribution in [2.75, 3.05) is 71.0 Å². The summed E-state index contributed by atoms with van der Waals surface area (Å²) in [6, 6.07) is 0. The summed E-state index contributed by atoms with van der Waals surface area (Å²) in [4.78, 5) is 81.4. The second-order valence-electron chi connectivity index (χ2n) is 16.4. The van der Waals surface area contributed by atoms with Gasteiger partial charge in [-0.3, -0.25) is 33.6 Å². The molecule has 0 bridgehead atoms. The lowest BCUT2D eigenvalue weighted by Crippen LogP contribution is -2.29. The Balaban J connectivity index is 0.00000442. The van der Waals surface area contributed by atoms with Crippen molar-refractivity contribution in [2.45, 2.75) is 157 Å². The highest BCUT2D eigenvalue weighted by molar-refractivity contribution is 9.14. The first kappa shape index (κ1) is 63.6. The van der Waals surface area contributed by atoms with Crippen LogP contribution in [0.2, 0.25) is 0 Å². The van der Waals surface area contributed by atoms with Crippen molar-refractivity contribution in [3.8, 4) is 0 Å². The number of ether oxygens (including phenoxy) is 4. The standard InChI is InChI=1S/C43H76N2O14.C2H2S6.H2/c1-35(42(52)53)18-15-16-24-44-40(49)34-59-31-28-56-26-17-20-38(47)33-58-30-29-57-27-25-45-39(48)23-22-36(43(54)55)32-37(46)19-13-11-9-7-5-3-2-4-6-8-10-12-14-21-41(50)51;1-3-5-2(6-4-1)7-8-2;/h35-36H,2-34H2,1H3,(H,44,49)(H,45,48)(H,50,51)(H,52,53)(H,54,55);1H2;1H/t35-,36+;;/m0../s1. The van der Waals surface area contributed by atoms with E-state index in [0.717, 1.165) is 51.4 Å².